The minimum Gasteiger partial charge on any atom is -0.311 e. The lowest BCUT2D eigenvalue weighted by molar-refractivity contribution is 0.321. The largest absolute Gasteiger partial charge is 0.311 e. The van der Waals surface area contributed by atoms with Crippen molar-refractivity contribution in [3.63, 3.8) is 0 Å². The van der Waals surface area contributed by atoms with Crippen molar-refractivity contribution in [1.82, 2.24) is 10.2 Å². The SMILES string of the molecule is CN(CCNCc1cc(F)ccc1Cl)C1CC1. The zero-order chi connectivity index (χ0) is 12.3. The van der Waals surface area contributed by atoms with Crippen molar-refractivity contribution in [2.75, 3.05) is 20.1 Å². The van der Waals surface area contributed by atoms with E-state index in [1.165, 1.54) is 25.0 Å². The van der Waals surface area contributed by atoms with Gasteiger partial charge in [-0.05, 0) is 43.7 Å². The van der Waals surface area contributed by atoms with Gasteiger partial charge in [0.15, 0.2) is 0 Å². The molecule has 4 heteroatoms. The first-order chi connectivity index (χ1) is 8.16. The zero-order valence-electron chi connectivity index (χ0n) is 10.0. The summed E-state index contributed by atoms with van der Waals surface area (Å²) >= 11 is 5.98. The maximum atomic E-state index is 13.0. The van der Waals surface area contributed by atoms with Crippen molar-refractivity contribution in [1.29, 1.82) is 0 Å². The molecule has 1 aliphatic carbocycles. The van der Waals surface area contributed by atoms with Crippen LogP contribution in [0.3, 0.4) is 0 Å². The van der Waals surface area contributed by atoms with Crippen LogP contribution in [0.5, 0.6) is 0 Å². The van der Waals surface area contributed by atoms with Crippen molar-refractivity contribution in [2.45, 2.75) is 25.4 Å². The molecule has 1 saturated carbocycles. The number of benzene rings is 1. The van der Waals surface area contributed by atoms with Crippen molar-refractivity contribution in [2.24, 2.45) is 0 Å². The van der Waals surface area contributed by atoms with Crippen molar-refractivity contribution in [3.8, 4) is 0 Å². The zero-order valence-corrected chi connectivity index (χ0v) is 10.8. The van der Waals surface area contributed by atoms with E-state index in [1.54, 1.807) is 6.07 Å². The smallest absolute Gasteiger partial charge is 0.123 e. The molecule has 0 unspecified atom stereocenters. The lowest BCUT2D eigenvalue weighted by Crippen LogP contribution is -2.30. The summed E-state index contributed by atoms with van der Waals surface area (Å²) in [4.78, 5) is 2.36. The van der Waals surface area contributed by atoms with Gasteiger partial charge in [-0.15, -0.1) is 0 Å². The molecule has 0 aromatic heterocycles. The monoisotopic (exact) mass is 256 g/mol. The van der Waals surface area contributed by atoms with Crippen LogP contribution >= 0.6 is 11.6 Å². The van der Waals surface area contributed by atoms with Crippen molar-refractivity contribution < 1.29 is 4.39 Å². The number of halogens is 2. The molecule has 0 amide bonds. The predicted octanol–water partition coefficient (Wildman–Crippen LogP) is 2.66. The van der Waals surface area contributed by atoms with Crippen LogP contribution in [-0.4, -0.2) is 31.1 Å². The van der Waals surface area contributed by atoms with E-state index in [9.17, 15) is 4.39 Å². The van der Waals surface area contributed by atoms with Gasteiger partial charge < -0.3 is 10.2 Å². The number of likely N-dealkylation sites (N-methyl/N-ethyl adjacent to an activating group) is 1. The Morgan fingerprint density at radius 3 is 2.94 bits per heavy atom. The van der Waals surface area contributed by atoms with Crippen LogP contribution in [0.15, 0.2) is 18.2 Å². The van der Waals surface area contributed by atoms with Gasteiger partial charge in [0.25, 0.3) is 0 Å². The second-order valence-electron chi connectivity index (χ2n) is 4.62. The van der Waals surface area contributed by atoms with Gasteiger partial charge in [-0.3, -0.25) is 0 Å². The van der Waals surface area contributed by atoms with Crippen molar-refractivity contribution in [3.05, 3.63) is 34.6 Å². The van der Waals surface area contributed by atoms with Crippen LogP contribution in [0.2, 0.25) is 5.02 Å². The summed E-state index contributed by atoms with van der Waals surface area (Å²) in [5.41, 5.74) is 0.820. The summed E-state index contributed by atoms with van der Waals surface area (Å²) in [6.45, 7) is 2.55. The van der Waals surface area contributed by atoms with Crippen LogP contribution < -0.4 is 5.32 Å². The molecule has 2 nitrogen and oxygen atoms in total. The predicted molar refractivity (Wildman–Crippen MR) is 68.8 cm³/mol. The van der Waals surface area contributed by atoms with Gasteiger partial charge in [-0.1, -0.05) is 11.6 Å². The molecular weight excluding hydrogens is 239 g/mol. The highest BCUT2D eigenvalue weighted by atomic mass is 35.5. The summed E-state index contributed by atoms with van der Waals surface area (Å²) in [5, 5.41) is 3.91. The molecule has 1 aromatic rings. The Labute approximate surface area is 107 Å². The molecule has 0 heterocycles. The summed E-state index contributed by atoms with van der Waals surface area (Å²) < 4.78 is 13.0. The molecule has 94 valence electrons. The third kappa shape index (κ3) is 3.95. The third-order valence-electron chi connectivity index (χ3n) is 3.13. The Morgan fingerprint density at radius 2 is 2.24 bits per heavy atom. The molecule has 17 heavy (non-hydrogen) atoms. The second kappa shape index (κ2) is 5.80. The van der Waals surface area contributed by atoms with Gasteiger partial charge in [0.05, 0.1) is 0 Å². The molecule has 1 fully saturated rings. The second-order valence-corrected chi connectivity index (χ2v) is 5.03. The minimum absolute atomic E-state index is 0.235. The Hall–Kier alpha value is -0.640. The lowest BCUT2D eigenvalue weighted by atomic mass is 10.2. The van der Waals surface area contributed by atoms with Gasteiger partial charge in [0, 0.05) is 30.7 Å². The first kappa shape index (κ1) is 12.8. The van der Waals surface area contributed by atoms with Crippen LogP contribution in [0.4, 0.5) is 4.39 Å². The Balaban J connectivity index is 1.71. The van der Waals surface area contributed by atoms with Crippen LogP contribution in [0.1, 0.15) is 18.4 Å². The highest BCUT2D eigenvalue weighted by Crippen LogP contribution is 2.24. The molecule has 0 aliphatic heterocycles. The highest BCUT2D eigenvalue weighted by molar-refractivity contribution is 6.31. The Bertz CT molecular complexity index is 380. The minimum atomic E-state index is -0.235. The molecule has 0 bridgehead atoms. The van der Waals surface area contributed by atoms with Gasteiger partial charge in [0.2, 0.25) is 0 Å². The lowest BCUT2D eigenvalue weighted by Gasteiger charge is -2.15. The number of nitrogens with zero attached hydrogens (tertiary/aromatic N) is 1. The van der Waals surface area contributed by atoms with Crippen LogP contribution in [0.25, 0.3) is 0 Å². The first-order valence-electron chi connectivity index (χ1n) is 6.01. The first-order valence-corrected chi connectivity index (χ1v) is 6.39. The molecule has 1 aromatic carbocycles. The summed E-state index contributed by atoms with van der Waals surface area (Å²) in [5.74, 6) is -0.235. The quantitative estimate of drug-likeness (QED) is 0.788. The fourth-order valence-electron chi connectivity index (χ4n) is 1.86. The average Bonchev–Trinajstić information content (AvgIpc) is 3.12. The number of hydrogen-bond donors (Lipinski definition) is 1. The van der Waals surface area contributed by atoms with Crippen LogP contribution in [-0.2, 0) is 6.54 Å². The standard InChI is InChI=1S/C13H18ClFN2/c1-17(12-3-4-12)7-6-16-9-10-8-11(15)2-5-13(10)14/h2,5,8,12,16H,3-4,6-7,9H2,1H3. The maximum Gasteiger partial charge on any atom is 0.123 e. The summed E-state index contributed by atoms with van der Waals surface area (Å²) in [6, 6.07) is 5.26. The van der Waals surface area contributed by atoms with E-state index in [0.717, 1.165) is 24.7 Å². The molecule has 2 rings (SSSR count). The Morgan fingerprint density at radius 1 is 1.47 bits per heavy atom. The van der Waals surface area contributed by atoms with Gasteiger partial charge in [-0.25, -0.2) is 4.39 Å². The van der Waals surface area contributed by atoms with E-state index in [0.29, 0.717) is 11.6 Å². The maximum absolute atomic E-state index is 13.0. The van der Waals surface area contributed by atoms with E-state index in [-0.39, 0.29) is 5.82 Å². The van der Waals surface area contributed by atoms with Gasteiger partial charge >= 0.3 is 0 Å². The molecule has 1 aliphatic rings. The summed E-state index contributed by atoms with van der Waals surface area (Å²) in [7, 11) is 2.15. The topological polar surface area (TPSA) is 15.3 Å². The molecule has 0 saturated heterocycles. The fraction of sp³-hybridized carbons (Fsp3) is 0.538. The average molecular weight is 257 g/mol. The molecular formula is C13H18ClFN2. The number of nitrogens with one attached hydrogen (secondary N) is 1. The number of rotatable bonds is 6. The van der Waals surface area contributed by atoms with Crippen LogP contribution in [0, 0.1) is 5.82 Å². The van der Waals surface area contributed by atoms with E-state index >= 15 is 0 Å². The highest BCUT2D eigenvalue weighted by Gasteiger charge is 2.25. The molecule has 0 spiro atoms. The van der Waals surface area contributed by atoms with E-state index < -0.39 is 0 Å². The van der Waals surface area contributed by atoms with E-state index in [2.05, 4.69) is 17.3 Å². The number of hydrogen-bond acceptors (Lipinski definition) is 2. The van der Waals surface area contributed by atoms with E-state index in [1.807, 2.05) is 0 Å². The van der Waals surface area contributed by atoms with Crippen molar-refractivity contribution >= 4 is 11.6 Å². The van der Waals surface area contributed by atoms with E-state index in [4.69, 9.17) is 11.6 Å². The van der Waals surface area contributed by atoms with Gasteiger partial charge in [0.1, 0.15) is 5.82 Å². The summed E-state index contributed by atoms with van der Waals surface area (Å²) in [6.07, 6.45) is 2.65. The normalized spacial score (nSPS) is 15.5. The molecule has 1 N–H and O–H groups in total. The van der Waals surface area contributed by atoms with Gasteiger partial charge in [-0.2, -0.15) is 0 Å². The molecule has 0 radical (unpaired) electrons. The Kier molecular flexibility index (Phi) is 4.37. The third-order valence-corrected chi connectivity index (χ3v) is 3.50. The fourth-order valence-corrected chi connectivity index (χ4v) is 2.04. The molecule has 0 atom stereocenters.